The van der Waals surface area contributed by atoms with Gasteiger partial charge >= 0.3 is 0 Å². The molecule has 2 aliphatic carbocycles. The van der Waals surface area contributed by atoms with Gasteiger partial charge < -0.3 is 19.6 Å². The Labute approximate surface area is 364 Å². The first-order valence-corrected chi connectivity index (χ1v) is 21.1. The van der Waals surface area contributed by atoms with E-state index in [9.17, 15) is 0 Å². The number of anilines is 6. The second-order valence-corrected chi connectivity index (χ2v) is 15.5. The average Bonchev–Trinajstić information content (AvgIpc) is 3.28. The first-order chi connectivity index (χ1) is 29.7. The molecule has 4 nitrogen and oxygen atoms in total. The van der Waals surface area contributed by atoms with E-state index < -0.39 is 0 Å². The van der Waals surface area contributed by atoms with Crippen LogP contribution in [0.2, 0.25) is 0 Å². The molecule has 0 saturated carbocycles. The highest BCUT2D eigenvalue weighted by Crippen LogP contribution is 2.38. The normalized spacial score (nSPS) is 14.8. The second kappa shape index (κ2) is 20.1. The number of hydrogen-bond donors (Lipinski definition) is 0. The Bertz CT molecular complexity index is 2550. The fourth-order valence-corrected chi connectivity index (χ4v) is 7.70. The molecule has 7 rings (SSSR count). The Morgan fingerprint density at radius 3 is 1.70 bits per heavy atom. The maximum absolute atomic E-state index is 4.70. The zero-order valence-electron chi connectivity index (χ0n) is 35.7. The lowest BCUT2D eigenvalue weighted by molar-refractivity contribution is 0.755. The van der Waals surface area contributed by atoms with Crippen molar-refractivity contribution in [3.05, 3.63) is 266 Å². The SMILES string of the molecule is C=C(C)/C=C\C=C\N(C(=C)/C=C\C(=C)N(c1ccc(N(c2ccccc2)c2cccc(C)c2)cc1)C1C=CC(N(C2=CCCC=C2)c2cccc(C)c2)=CC1)c1ccccc1. The van der Waals surface area contributed by atoms with Crippen molar-refractivity contribution in [2.45, 2.75) is 46.1 Å². The minimum absolute atomic E-state index is 0.00894. The predicted molar refractivity (Wildman–Crippen MR) is 264 cm³/mol. The zero-order chi connectivity index (χ0) is 42.6. The van der Waals surface area contributed by atoms with Crippen LogP contribution in [-0.4, -0.2) is 6.04 Å². The molecule has 2 aliphatic rings. The highest BCUT2D eigenvalue weighted by atomic mass is 15.2. The van der Waals surface area contributed by atoms with Crippen molar-refractivity contribution in [1.29, 1.82) is 0 Å². The van der Waals surface area contributed by atoms with Gasteiger partial charge in [0.1, 0.15) is 0 Å². The van der Waals surface area contributed by atoms with Gasteiger partial charge in [-0.2, -0.15) is 0 Å². The van der Waals surface area contributed by atoms with Crippen LogP contribution in [-0.2, 0) is 0 Å². The minimum Gasteiger partial charge on any atom is -0.335 e. The maximum atomic E-state index is 4.70. The highest BCUT2D eigenvalue weighted by molar-refractivity contribution is 5.78. The maximum Gasteiger partial charge on any atom is 0.0561 e. The van der Waals surface area contributed by atoms with Gasteiger partial charge in [0.2, 0.25) is 0 Å². The Morgan fingerprint density at radius 2 is 1.11 bits per heavy atom. The highest BCUT2D eigenvalue weighted by Gasteiger charge is 2.24. The largest absolute Gasteiger partial charge is 0.335 e. The van der Waals surface area contributed by atoms with Crippen LogP contribution < -0.4 is 19.6 Å². The summed E-state index contributed by atoms with van der Waals surface area (Å²) in [6.45, 7) is 19.5. The molecule has 0 spiro atoms. The standard InChI is InChI=1S/C57H56N4/c1-44(2)20-16-17-41-58(49-23-10-7-11-24-49)47(5)31-32-48(6)59(52-33-37-54(38-34-52)60(50-25-12-8-13-26-50)56-29-18-21-45(3)42-56)53-35-39-55(40-36-53)61(51-27-14-9-15-28-51)57-30-19-22-46(4)43-57/h7-8,10-14,16-35,37-43,53H,1,5-6,9,15,36H2,2-4H3/b20-16-,32-31-,41-17+. The Kier molecular flexibility index (Phi) is 13.8. The van der Waals surface area contributed by atoms with Crippen molar-refractivity contribution in [1.82, 2.24) is 0 Å². The van der Waals surface area contributed by atoms with Crippen LogP contribution in [0, 0.1) is 13.8 Å². The molecule has 5 aromatic rings. The Morgan fingerprint density at radius 1 is 0.541 bits per heavy atom. The van der Waals surface area contributed by atoms with E-state index in [4.69, 9.17) is 6.58 Å². The van der Waals surface area contributed by atoms with E-state index in [-0.39, 0.29) is 6.04 Å². The van der Waals surface area contributed by atoms with Gasteiger partial charge in [-0.25, -0.2) is 0 Å². The molecule has 0 bridgehead atoms. The Hall–Kier alpha value is -7.30. The second-order valence-electron chi connectivity index (χ2n) is 15.5. The summed E-state index contributed by atoms with van der Waals surface area (Å²) >= 11 is 0. The summed E-state index contributed by atoms with van der Waals surface area (Å²) in [5, 5.41) is 0. The van der Waals surface area contributed by atoms with Crippen molar-refractivity contribution in [3.8, 4) is 0 Å². The molecule has 0 aliphatic heterocycles. The van der Waals surface area contributed by atoms with Crippen molar-refractivity contribution in [3.63, 3.8) is 0 Å². The smallest absolute Gasteiger partial charge is 0.0561 e. The van der Waals surface area contributed by atoms with Crippen LogP contribution in [0.5, 0.6) is 0 Å². The number of hydrogen-bond acceptors (Lipinski definition) is 4. The Balaban J connectivity index is 1.23. The monoisotopic (exact) mass is 796 g/mol. The molecule has 304 valence electrons. The summed E-state index contributed by atoms with van der Waals surface area (Å²) in [4.78, 5) is 9.11. The molecule has 0 saturated heterocycles. The molecule has 0 fully saturated rings. The number of benzene rings is 5. The average molecular weight is 797 g/mol. The molecule has 0 amide bonds. The van der Waals surface area contributed by atoms with E-state index in [0.717, 1.165) is 76.1 Å². The molecule has 1 atom stereocenters. The summed E-state index contributed by atoms with van der Waals surface area (Å²) in [6.07, 6.45) is 28.9. The van der Waals surface area contributed by atoms with Crippen LogP contribution in [0.25, 0.3) is 0 Å². The number of para-hydroxylation sites is 2. The molecule has 4 heteroatoms. The molecule has 0 N–H and O–H groups in total. The van der Waals surface area contributed by atoms with Gasteiger partial charge in [-0.1, -0.05) is 122 Å². The molecule has 0 heterocycles. The summed E-state index contributed by atoms with van der Waals surface area (Å²) in [6, 6.07) is 47.1. The number of nitrogens with zero attached hydrogens (tertiary/aromatic N) is 4. The van der Waals surface area contributed by atoms with Crippen molar-refractivity contribution in [2.24, 2.45) is 0 Å². The van der Waals surface area contributed by atoms with Gasteiger partial charge in [0.25, 0.3) is 0 Å². The summed E-state index contributed by atoms with van der Waals surface area (Å²) in [5.41, 5.74) is 14.0. The fraction of sp³-hybridized carbons (Fsp3) is 0.123. The van der Waals surface area contributed by atoms with E-state index in [0.29, 0.717) is 0 Å². The van der Waals surface area contributed by atoms with E-state index in [1.54, 1.807) is 0 Å². The quantitative estimate of drug-likeness (QED) is 0.0922. The first kappa shape index (κ1) is 41.8. The van der Waals surface area contributed by atoms with Crippen molar-refractivity contribution < 1.29 is 0 Å². The first-order valence-electron chi connectivity index (χ1n) is 21.1. The summed E-state index contributed by atoms with van der Waals surface area (Å²) in [5.74, 6) is 0. The van der Waals surface area contributed by atoms with Gasteiger partial charge in [0.05, 0.1) is 6.04 Å². The third-order valence-corrected chi connectivity index (χ3v) is 10.6. The van der Waals surface area contributed by atoms with Gasteiger partial charge in [-0.15, -0.1) is 0 Å². The van der Waals surface area contributed by atoms with Crippen molar-refractivity contribution in [2.75, 3.05) is 19.6 Å². The van der Waals surface area contributed by atoms with Gasteiger partial charge in [-0.3, -0.25) is 0 Å². The van der Waals surface area contributed by atoms with Crippen LogP contribution >= 0.6 is 0 Å². The van der Waals surface area contributed by atoms with Crippen LogP contribution in [0.15, 0.2) is 255 Å². The number of allylic oxidation sites excluding steroid dienone is 10. The van der Waals surface area contributed by atoms with Crippen LogP contribution in [0.1, 0.15) is 37.3 Å². The zero-order valence-corrected chi connectivity index (χ0v) is 35.7. The molecule has 5 aromatic carbocycles. The number of aryl methyl sites for hydroxylation is 2. The lowest BCUT2D eigenvalue weighted by Gasteiger charge is -2.36. The summed E-state index contributed by atoms with van der Waals surface area (Å²) < 4.78 is 0. The molecule has 0 radical (unpaired) electrons. The van der Waals surface area contributed by atoms with Gasteiger partial charge in [-0.05, 0) is 154 Å². The molecule has 0 aromatic heterocycles. The van der Waals surface area contributed by atoms with Gasteiger partial charge in [0, 0.05) is 63.1 Å². The molecule has 61 heavy (non-hydrogen) atoms. The van der Waals surface area contributed by atoms with Crippen molar-refractivity contribution >= 4 is 34.1 Å². The third-order valence-electron chi connectivity index (χ3n) is 10.6. The lowest BCUT2D eigenvalue weighted by atomic mass is 10.0. The summed E-state index contributed by atoms with van der Waals surface area (Å²) in [7, 11) is 0. The van der Waals surface area contributed by atoms with E-state index in [2.05, 4.69) is 204 Å². The van der Waals surface area contributed by atoms with E-state index in [1.165, 1.54) is 16.8 Å². The third kappa shape index (κ3) is 10.7. The van der Waals surface area contributed by atoms with Crippen LogP contribution in [0.3, 0.4) is 0 Å². The van der Waals surface area contributed by atoms with Gasteiger partial charge in [0.15, 0.2) is 0 Å². The molecule has 1 unspecified atom stereocenters. The van der Waals surface area contributed by atoms with E-state index >= 15 is 0 Å². The minimum atomic E-state index is 0.00894. The van der Waals surface area contributed by atoms with E-state index in [1.807, 2.05) is 55.6 Å². The van der Waals surface area contributed by atoms with Crippen LogP contribution in [0.4, 0.5) is 34.1 Å². The lowest BCUT2D eigenvalue weighted by Crippen LogP contribution is -2.34. The predicted octanol–water partition coefficient (Wildman–Crippen LogP) is 15.3. The topological polar surface area (TPSA) is 13.0 Å². The fourth-order valence-electron chi connectivity index (χ4n) is 7.70. The molecular formula is C57H56N4. The number of rotatable bonds is 16. The molecular weight excluding hydrogens is 741 g/mol.